The summed E-state index contributed by atoms with van der Waals surface area (Å²) in [5.74, 6) is -1.59. The lowest BCUT2D eigenvalue weighted by atomic mass is 10.2. The summed E-state index contributed by atoms with van der Waals surface area (Å²) in [6.07, 6.45) is 1.87. The number of rotatable bonds is 6. The Balaban J connectivity index is 2.09. The second kappa shape index (κ2) is 7.77. The average molecular weight is 350 g/mol. The third kappa shape index (κ3) is 4.22. The second-order valence-corrected chi connectivity index (χ2v) is 5.95. The van der Waals surface area contributed by atoms with Crippen molar-refractivity contribution < 1.29 is 14.7 Å². The number of aliphatic carboxylic acids is 1. The van der Waals surface area contributed by atoms with Gasteiger partial charge < -0.3 is 15.3 Å². The molecule has 0 saturated carbocycles. The van der Waals surface area contributed by atoms with E-state index in [0.717, 1.165) is 0 Å². The highest BCUT2D eigenvalue weighted by Gasteiger charge is 2.17. The van der Waals surface area contributed by atoms with Gasteiger partial charge in [-0.2, -0.15) is 4.68 Å². The molecule has 24 heavy (non-hydrogen) atoms. The molecule has 2 N–H and O–H groups in total. The molecule has 0 spiro atoms. The van der Waals surface area contributed by atoms with Gasteiger partial charge in [0, 0.05) is 19.3 Å². The van der Waals surface area contributed by atoms with E-state index in [2.05, 4.69) is 20.8 Å². The van der Waals surface area contributed by atoms with Gasteiger partial charge in [-0.15, -0.1) is 5.10 Å². The molecule has 1 unspecified atom stereocenters. The number of tetrazole rings is 1. The minimum Gasteiger partial charge on any atom is -0.481 e. The fourth-order valence-electron chi connectivity index (χ4n) is 1.97. The summed E-state index contributed by atoms with van der Waals surface area (Å²) < 4.78 is 1.57. The average Bonchev–Trinajstić information content (AvgIpc) is 3.03. The van der Waals surface area contributed by atoms with Crippen molar-refractivity contribution in [3.63, 3.8) is 0 Å². The fraction of sp³-hybridized carbons (Fsp3) is 0.357. The lowest BCUT2D eigenvalue weighted by Gasteiger charge is -2.20. The number of carboxylic acids is 1. The molecular formula is C14H18N6O3S. The molecule has 10 heteroatoms. The lowest BCUT2D eigenvalue weighted by Crippen LogP contribution is -2.36. The van der Waals surface area contributed by atoms with Crippen molar-refractivity contribution in [2.75, 3.05) is 25.2 Å². The summed E-state index contributed by atoms with van der Waals surface area (Å²) in [6.45, 7) is 1.67. The summed E-state index contributed by atoms with van der Waals surface area (Å²) >= 11 is 1.41. The molecule has 0 radical (unpaired) electrons. The molecule has 1 aromatic carbocycles. The first kappa shape index (κ1) is 17.7. The highest BCUT2D eigenvalue weighted by atomic mass is 32.2. The van der Waals surface area contributed by atoms with E-state index >= 15 is 0 Å². The molecule has 2 amide bonds. The number of amides is 2. The van der Waals surface area contributed by atoms with E-state index in [1.165, 1.54) is 16.7 Å². The Hall–Kier alpha value is -2.62. The van der Waals surface area contributed by atoms with Gasteiger partial charge in [-0.25, -0.2) is 4.79 Å². The zero-order chi connectivity index (χ0) is 17.7. The van der Waals surface area contributed by atoms with Gasteiger partial charge in [0.2, 0.25) is 5.16 Å². The van der Waals surface area contributed by atoms with Crippen LogP contribution >= 0.6 is 11.8 Å². The molecule has 0 aliphatic heterocycles. The van der Waals surface area contributed by atoms with Crippen LogP contribution in [0.1, 0.15) is 6.92 Å². The number of carboxylic acid groups (broad SMARTS) is 1. The minimum absolute atomic E-state index is 0.116. The Morgan fingerprint density at radius 1 is 1.46 bits per heavy atom. The number of thioether (sulfide) groups is 1. The molecule has 0 aliphatic rings. The van der Waals surface area contributed by atoms with Crippen LogP contribution < -0.4 is 5.32 Å². The Kier molecular flexibility index (Phi) is 5.74. The zero-order valence-corrected chi connectivity index (χ0v) is 14.3. The maximum Gasteiger partial charge on any atom is 0.321 e. The monoisotopic (exact) mass is 350 g/mol. The molecule has 0 bridgehead atoms. The Morgan fingerprint density at radius 3 is 2.88 bits per heavy atom. The second-order valence-electron chi connectivity index (χ2n) is 5.18. The molecule has 9 nitrogen and oxygen atoms in total. The standard InChI is InChI=1S/C14H18N6O3S/c1-9(12(21)22)8-19(2)13(23)15-10-5-4-6-11(7-10)20-14(24-3)16-17-18-20/h4-7,9H,8H2,1-3H3,(H,15,23)(H,21,22). The van der Waals surface area contributed by atoms with E-state index in [-0.39, 0.29) is 12.6 Å². The first-order chi connectivity index (χ1) is 11.4. The maximum atomic E-state index is 12.2. The maximum absolute atomic E-state index is 12.2. The van der Waals surface area contributed by atoms with Gasteiger partial charge in [0.15, 0.2) is 0 Å². The molecule has 2 aromatic rings. The lowest BCUT2D eigenvalue weighted by molar-refractivity contribution is -0.141. The van der Waals surface area contributed by atoms with Crippen LogP contribution in [0.4, 0.5) is 10.5 Å². The number of benzene rings is 1. The van der Waals surface area contributed by atoms with Crippen LogP contribution in [-0.4, -0.2) is 62.1 Å². The number of carbonyl (C=O) groups is 2. The van der Waals surface area contributed by atoms with Crippen molar-refractivity contribution in [3.8, 4) is 5.69 Å². The minimum atomic E-state index is -0.945. The quantitative estimate of drug-likeness (QED) is 0.760. The zero-order valence-electron chi connectivity index (χ0n) is 13.5. The fourth-order valence-corrected chi connectivity index (χ4v) is 2.41. The number of hydrogen-bond acceptors (Lipinski definition) is 6. The van der Waals surface area contributed by atoms with Crippen LogP contribution in [0.2, 0.25) is 0 Å². The van der Waals surface area contributed by atoms with Crippen molar-refractivity contribution in [3.05, 3.63) is 24.3 Å². The highest BCUT2D eigenvalue weighted by Crippen LogP contribution is 2.19. The van der Waals surface area contributed by atoms with Gasteiger partial charge in [-0.3, -0.25) is 4.79 Å². The Bertz CT molecular complexity index is 735. The molecule has 2 rings (SSSR count). The molecular weight excluding hydrogens is 332 g/mol. The molecule has 1 atom stereocenters. The van der Waals surface area contributed by atoms with Crippen LogP contribution in [0.25, 0.3) is 5.69 Å². The van der Waals surface area contributed by atoms with Gasteiger partial charge >= 0.3 is 12.0 Å². The Labute approximate surface area is 143 Å². The van der Waals surface area contributed by atoms with Crippen molar-refractivity contribution in [1.82, 2.24) is 25.1 Å². The van der Waals surface area contributed by atoms with Gasteiger partial charge in [0.1, 0.15) is 0 Å². The smallest absolute Gasteiger partial charge is 0.321 e. The predicted octanol–water partition coefficient (Wildman–Crippen LogP) is 1.57. The first-order valence-electron chi connectivity index (χ1n) is 7.10. The van der Waals surface area contributed by atoms with E-state index in [1.807, 2.05) is 12.3 Å². The molecule has 0 fully saturated rings. The SMILES string of the molecule is CSc1nnnn1-c1cccc(NC(=O)N(C)CC(C)C(=O)O)c1. The van der Waals surface area contributed by atoms with Crippen molar-refractivity contribution in [2.45, 2.75) is 12.1 Å². The van der Waals surface area contributed by atoms with Gasteiger partial charge in [-0.05, 0) is 34.9 Å². The summed E-state index contributed by atoms with van der Waals surface area (Å²) in [5, 5.41) is 23.7. The topological polar surface area (TPSA) is 113 Å². The van der Waals surface area contributed by atoms with Gasteiger partial charge in [0.05, 0.1) is 11.6 Å². The highest BCUT2D eigenvalue weighted by molar-refractivity contribution is 7.98. The molecule has 1 aromatic heterocycles. The van der Waals surface area contributed by atoms with E-state index < -0.39 is 11.9 Å². The molecule has 1 heterocycles. The summed E-state index contributed by atoms with van der Waals surface area (Å²) in [5.41, 5.74) is 1.28. The number of nitrogens with one attached hydrogen (secondary N) is 1. The number of anilines is 1. The number of nitrogens with zero attached hydrogens (tertiary/aromatic N) is 5. The normalized spacial score (nSPS) is 11.8. The number of hydrogen-bond donors (Lipinski definition) is 2. The third-order valence-electron chi connectivity index (χ3n) is 3.28. The van der Waals surface area contributed by atoms with Crippen molar-refractivity contribution in [2.24, 2.45) is 5.92 Å². The summed E-state index contributed by atoms with van der Waals surface area (Å²) in [4.78, 5) is 24.4. The third-order valence-corrected chi connectivity index (χ3v) is 3.90. The summed E-state index contributed by atoms with van der Waals surface area (Å²) in [6, 6.07) is 6.68. The van der Waals surface area contributed by atoms with Crippen molar-refractivity contribution >= 4 is 29.4 Å². The first-order valence-corrected chi connectivity index (χ1v) is 8.32. The van der Waals surface area contributed by atoms with E-state index in [9.17, 15) is 9.59 Å². The molecule has 0 aliphatic carbocycles. The number of aromatic nitrogens is 4. The Morgan fingerprint density at radius 2 is 2.21 bits per heavy atom. The van der Waals surface area contributed by atoms with E-state index in [4.69, 9.17) is 5.11 Å². The van der Waals surface area contributed by atoms with Gasteiger partial charge in [-0.1, -0.05) is 24.8 Å². The summed E-state index contributed by atoms with van der Waals surface area (Å²) in [7, 11) is 1.55. The van der Waals surface area contributed by atoms with Crippen LogP contribution in [0.15, 0.2) is 29.4 Å². The predicted molar refractivity (Wildman–Crippen MR) is 89.4 cm³/mol. The van der Waals surface area contributed by atoms with Crippen LogP contribution in [0.5, 0.6) is 0 Å². The van der Waals surface area contributed by atoms with Crippen LogP contribution in [0, 0.1) is 5.92 Å². The largest absolute Gasteiger partial charge is 0.481 e. The molecule has 0 saturated heterocycles. The number of urea groups is 1. The van der Waals surface area contributed by atoms with Gasteiger partial charge in [0.25, 0.3) is 0 Å². The van der Waals surface area contributed by atoms with Crippen LogP contribution in [-0.2, 0) is 4.79 Å². The molecule has 128 valence electrons. The van der Waals surface area contributed by atoms with E-state index in [1.54, 1.807) is 36.9 Å². The van der Waals surface area contributed by atoms with E-state index in [0.29, 0.717) is 16.5 Å². The van der Waals surface area contributed by atoms with Crippen molar-refractivity contribution in [1.29, 1.82) is 0 Å². The number of carbonyl (C=O) groups excluding carboxylic acids is 1. The van der Waals surface area contributed by atoms with Crippen LogP contribution in [0.3, 0.4) is 0 Å².